The van der Waals surface area contributed by atoms with Gasteiger partial charge in [-0.25, -0.2) is 9.37 Å². The Labute approximate surface area is 140 Å². The number of aromatic nitrogens is 1. The molecule has 0 bridgehead atoms. The lowest BCUT2D eigenvalue weighted by Gasteiger charge is -2.25. The third-order valence-corrected chi connectivity index (χ3v) is 4.19. The molecule has 1 aromatic carbocycles. The Kier molecular flexibility index (Phi) is 6.09. The van der Waals surface area contributed by atoms with Gasteiger partial charge in [-0.1, -0.05) is 26.0 Å². The first kappa shape index (κ1) is 18.1. The number of hydrogen-bond donors (Lipinski definition) is 2. The summed E-state index contributed by atoms with van der Waals surface area (Å²) < 4.78 is 19.2. The van der Waals surface area contributed by atoms with Crippen molar-refractivity contribution in [2.45, 2.75) is 45.1 Å². The summed E-state index contributed by atoms with van der Waals surface area (Å²) >= 11 is 0. The van der Waals surface area contributed by atoms with Crippen molar-refractivity contribution in [1.82, 2.24) is 10.3 Å². The number of carbonyl (C=O) groups excluding carboxylic acids is 1. The number of nitrogens with zero attached hydrogens (tertiary/aromatic N) is 1. The van der Waals surface area contributed by atoms with E-state index < -0.39 is 5.60 Å². The van der Waals surface area contributed by atoms with E-state index in [2.05, 4.69) is 10.3 Å². The molecule has 1 amide bonds. The molecule has 2 N–H and O–H groups in total. The van der Waals surface area contributed by atoms with E-state index in [-0.39, 0.29) is 24.7 Å². The van der Waals surface area contributed by atoms with Crippen molar-refractivity contribution in [3.05, 3.63) is 42.2 Å². The van der Waals surface area contributed by atoms with Crippen LogP contribution in [0.4, 0.5) is 4.39 Å². The van der Waals surface area contributed by atoms with E-state index in [1.54, 1.807) is 18.2 Å². The van der Waals surface area contributed by atoms with Gasteiger partial charge in [0.25, 0.3) is 0 Å². The molecule has 0 aliphatic carbocycles. The Balaban J connectivity index is 1.87. The fourth-order valence-corrected chi connectivity index (χ4v) is 2.28. The van der Waals surface area contributed by atoms with Gasteiger partial charge in [-0.15, -0.1) is 0 Å². The summed E-state index contributed by atoms with van der Waals surface area (Å²) in [7, 11) is 0. The van der Waals surface area contributed by atoms with Crippen molar-refractivity contribution >= 4 is 5.91 Å². The molecule has 0 saturated heterocycles. The Hall–Kier alpha value is -2.21. The first-order valence-electron chi connectivity index (χ1n) is 8.16. The van der Waals surface area contributed by atoms with Crippen LogP contribution < -0.4 is 5.32 Å². The van der Waals surface area contributed by atoms with Gasteiger partial charge in [0.15, 0.2) is 11.7 Å². The monoisotopic (exact) mass is 334 g/mol. The first-order chi connectivity index (χ1) is 11.5. The fraction of sp³-hybridized carbons (Fsp3) is 0.444. The Bertz CT molecular complexity index is 680. The molecule has 6 heteroatoms. The van der Waals surface area contributed by atoms with Crippen LogP contribution in [0.2, 0.25) is 0 Å². The van der Waals surface area contributed by atoms with Crippen LogP contribution in [-0.4, -0.2) is 28.1 Å². The van der Waals surface area contributed by atoms with Crippen molar-refractivity contribution in [2.75, 3.05) is 6.54 Å². The second-order valence-electron chi connectivity index (χ2n) is 5.81. The fourth-order valence-electron chi connectivity index (χ4n) is 2.28. The van der Waals surface area contributed by atoms with Gasteiger partial charge in [0, 0.05) is 19.4 Å². The van der Waals surface area contributed by atoms with E-state index in [0.717, 1.165) is 0 Å². The first-order valence-corrected chi connectivity index (χ1v) is 8.16. The second kappa shape index (κ2) is 8.06. The van der Waals surface area contributed by atoms with E-state index >= 15 is 0 Å². The predicted molar refractivity (Wildman–Crippen MR) is 88.8 cm³/mol. The highest BCUT2D eigenvalue weighted by atomic mass is 19.1. The zero-order valence-electron chi connectivity index (χ0n) is 14.0. The van der Waals surface area contributed by atoms with Crippen molar-refractivity contribution < 1.29 is 18.7 Å². The third kappa shape index (κ3) is 4.64. The number of nitrogens with one attached hydrogen (secondary N) is 1. The minimum absolute atomic E-state index is 0.180. The van der Waals surface area contributed by atoms with Crippen molar-refractivity contribution in [2.24, 2.45) is 0 Å². The smallest absolute Gasteiger partial charge is 0.220 e. The summed E-state index contributed by atoms with van der Waals surface area (Å²) in [5, 5.41) is 12.9. The molecule has 0 aliphatic rings. The van der Waals surface area contributed by atoms with Crippen molar-refractivity contribution in [3.8, 4) is 11.3 Å². The lowest BCUT2D eigenvalue weighted by molar-refractivity contribution is -0.122. The lowest BCUT2D eigenvalue weighted by atomic mass is 9.97. The molecule has 0 fully saturated rings. The topological polar surface area (TPSA) is 75.4 Å². The number of rotatable bonds is 8. The highest BCUT2D eigenvalue weighted by molar-refractivity contribution is 5.76. The molecule has 0 radical (unpaired) electrons. The van der Waals surface area contributed by atoms with E-state index in [1.165, 1.54) is 12.3 Å². The molecular weight excluding hydrogens is 311 g/mol. The lowest BCUT2D eigenvalue weighted by Crippen LogP contribution is -2.42. The van der Waals surface area contributed by atoms with E-state index in [9.17, 15) is 14.3 Å². The molecule has 130 valence electrons. The summed E-state index contributed by atoms with van der Waals surface area (Å²) in [5.41, 5.74) is -0.520. The number of hydrogen-bond acceptors (Lipinski definition) is 4. The van der Waals surface area contributed by atoms with Crippen LogP contribution in [0.1, 0.15) is 39.0 Å². The zero-order chi connectivity index (χ0) is 17.6. The van der Waals surface area contributed by atoms with Crippen LogP contribution in [0.5, 0.6) is 0 Å². The van der Waals surface area contributed by atoms with Gasteiger partial charge in [0.2, 0.25) is 5.91 Å². The highest BCUT2D eigenvalue weighted by Crippen LogP contribution is 2.23. The molecule has 5 nitrogen and oxygen atoms in total. The second-order valence-corrected chi connectivity index (χ2v) is 5.81. The summed E-state index contributed by atoms with van der Waals surface area (Å²) in [5.74, 6) is 0.164. The number of halogens is 1. The summed E-state index contributed by atoms with van der Waals surface area (Å²) in [6, 6.07) is 6.29. The SMILES string of the molecule is CCC(O)(CC)CNC(=O)CCc1ncc(-c2ccccc2F)o1. The van der Waals surface area contributed by atoms with E-state index in [4.69, 9.17) is 4.42 Å². The predicted octanol–water partition coefficient (Wildman–Crippen LogP) is 3.08. The highest BCUT2D eigenvalue weighted by Gasteiger charge is 2.22. The number of benzene rings is 1. The van der Waals surface area contributed by atoms with E-state index in [1.807, 2.05) is 13.8 Å². The van der Waals surface area contributed by atoms with Crippen LogP contribution >= 0.6 is 0 Å². The molecule has 0 unspecified atom stereocenters. The molecule has 1 aromatic heterocycles. The molecular formula is C18H23FN2O3. The minimum atomic E-state index is -0.864. The Morgan fingerprint density at radius 2 is 2.04 bits per heavy atom. The number of carbonyl (C=O) groups is 1. The van der Waals surface area contributed by atoms with Gasteiger partial charge in [0.05, 0.1) is 17.4 Å². The minimum Gasteiger partial charge on any atom is -0.441 e. The quantitative estimate of drug-likeness (QED) is 0.778. The van der Waals surface area contributed by atoms with Gasteiger partial charge in [-0.2, -0.15) is 0 Å². The molecule has 0 saturated carbocycles. The van der Waals surface area contributed by atoms with Crippen molar-refractivity contribution in [3.63, 3.8) is 0 Å². The summed E-state index contributed by atoms with van der Waals surface area (Å²) in [6.07, 6.45) is 3.13. The van der Waals surface area contributed by atoms with Gasteiger partial charge in [-0.05, 0) is 25.0 Å². The molecule has 1 heterocycles. The van der Waals surface area contributed by atoms with Crippen LogP contribution in [0.3, 0.4) is 0 Å². The molecule has 2 rings (SSSR count). The van der Waals surface area contributed by atoms with Gasteiger partial charge in [-0.3, -0.25) is 4.79 Å². The van der Waals surface area contributed by atoms with Gasteiger partial charge >= 0.3 is 0 Å². The zero-order valence-corrected chi connectivity index (χ0v) is 14.0. The van der Waals surface area contributed by atoms with Crippen molar-refractivity contribution in [1.29, 1.82) is 0 Å². The number of aliphatic hydroxyl groups is 1. The van der Waals surface area contributed by atoms with Crippen LogP contribution in [0.15, 0.2) is 34.9 Å². The normalized spacial score (nSPS) is 11.5. The van der Waals surface area contributed by atoms with Gasteiger partial charge in [0.1, 0.15) is 5.82 Å². The Morgan fingerprint density at radius 3 is 2.71 bits per heavy atom. The number of aryl methyl sites for hydroxylation is 1. The summed E-state index contributed by atoms with van der Waals surface area (Å²) in [4.78, 5) is 16.0. The van der Waals surface area contributed by atoms with Crippen LogP contribution in [0.25, 0.3) is 11.3 Å². The molecule has 0 atom stereocenters. The maximum absolute atomic E-state index is 13.7. The van der Waals surface area contributed by atoms with Crippen LogP contribution in [0, 0.1) is 5.82 Å². The van der Waals surface area contributed by atoms with E-state index in [0.29, 0.717) is 36.5 Å². The third-order valence-electron chi connectivity index (χ3n) is 4.19. The van der Waals surface area contributed by atoms with Gasteiger partial charge < -0.3 is 14.8 Å². The average molecular weight is 334 g/mol. The molecule has 2 aromatic rings. The largest absolute Gasteiger partial charge is 0.441 e. The summed E-state index contributed by atoms with van der Waals surface area (Å²) in [6.45, 7) is 3.99. The maximum Gasteiger partial charge on any atom is 0.220 e. The average Bonchev–Trinajstić information content (AvgIpc) is 3.07. The Morgan fingerprint density at radius 1 is 1.33 bits per heavy atom. The number of oxazole rings is 1. The molecule has 0 spiro atoms. The maximum atomic E-state index is 13.7. The number of amides is 1. The molecule has 0 aliphatic heterocycles. The molecule has 24 heavy (non-hydrogen) atoms. The van der Waals surface area contributed by atoms with Crippen LogP contribution in [-0.2, 0) is 11.2 Å². The standard InChI is InChI=1S/C18H23FN2O3/c1-3-18(23,4-2)12-21-16(22)9-10-17-20-11-15(24-17)13-7-5-6-8-14(13)19/h5-8,11,23H,3-4,9-10,12H2,1-2H3,(H,21,22).